The minimum absolute atomic E-state index is 0.100. The molecule has 0 saturated heterocycles. The lowest BCUT2D eigenvalue weighted by molar-refractivity contribution is 0.518. The van der Waals surface area contributed by atoms with Gasteiger partial charge in [-0.05, 0) is 64.1 Å². The smallest absolute Gasteiger partial charge is 0.207 e. The number of hydrogen-bond donors (Lipinski definition) is 0. The number of rotatable bonds is 6. The molecule has 2 aromatic carbocycles. The highest BCUT2D eigenvalue weighted by Gasteiger charge is 2.25. The molecule has 6 heteroatoms. The van der Waals surface area contributed by atoms with Crippen molar-refractivity contribution >= 4 is 33.2 Å². The van der Waals surface area contributed by atoms with Crippen molar-refractivity contribution in [3.05, 3.63) is 62.6 Å². The van der Waals surface area contributed by atoms with Crippen molar-refractivity contribution < 1.29 is 8.42 Å². The lowest BCUT2D eigenvalue weighted by Crippen LogP contribution is -2.24. The van der Waals surface area contributed by atoms with E-state index in [1.807, 2.05) is 27.7 Å². The van der Waals surface area contributed by atoms with E-state index in [1.165, 1.54) is 15.4 Å². The molecule has 0 aliphatic heterocycles. The normalized spacial score (nSPS) is 12.2. The summed E-state index contributed by atoms with van der Waals surface area (Å²) < 4.78 is 26.1. The lowest BCUT2D eigenvalue weighted by atomic mass is 9.97. The van der Waals surface area contributed by atoms with Crippen LogP contribution in [0.2, 0.25) is 10.0 Å². The predicted molar refractivity (Wildman–Crippen MR) is 140 cm³/mol. The van der Waals surface area contributed by atoms with E-state index in [0.717, 1.165) is 16.1 Å². The van der Waals surface area contributed by atoms with Gasteiger partial charge in [-0.2, -0.15) is 0 Å². The van der Waals surface area contributed by atoms with E-state index in [0.29, 0.717) is 21.8 Å². The van der Waals surface area contributed by atoms with Crippen LogP contribution in [0.1, 0.15) is 101 Å². The van der Waals surface area contributed by atoms with Gasteiger partial charge in [0.2, 0.25) is 10.0 Å². The predicted octanol–water partition coefficient (Wildman–Crippen LogP) is 8.42. The zero-order valence-electron chi connectivity index (χ0n) is 21.1. The zero-order chi connectivity index (χ0) is 25.0. The Morgan fingerprint density at radius 3 is 1.50 bits per heavy atom. The molecule has 0 atom stereocenters. The Bertz CT molecular complexity index is 1010. The van der Waals surface area contributed by atoms with Crippen LogP contribution < -0.4 is 0 Å². The number of halogens is 2. The lowest BCUT2D eigenvalue weighted by Gasteiger charge is -2.20. The minimum Gasteiger partial charge on any atom is -0.207 e. The van der Waals surface area contributed by atoms with Crippen molar-refractivity contribution in [2.24, 2.45) is 0 Å². The summed E-state index contributed by atoms with van der Waals surface area (Å²) in [6.07, 6.45) is 0. The van der Waals surface area contributed by atoms with Crippen molar-refractivity contribution in [3.8, 4) is 0 Å². The third-order valence-electron chi connectivity index (χ3n) is 5.44. The first-order chi connectivity index (χ1) is 14.6. The van der Waals surface area contributed by atoms with E-state index in [4.69, 9.17) is 23.2 Å². The molecule has 0 aromatic heterocycles. The maximum Gasteiger partial charge on any atom is 0.242 e. The molecule has 0 fully saturated rings. The van der Waals surface area contributed by atoms with Gasteiger partial charge in [0.25, 0.3) is 0 Å². The minimum atomic E-state index is -3.45. The van der Waals surface area contributed by atoms with Crippen LogP contribution in [0.25, 0.3) is 0 Å². The highest BCUT2D eigenvalue weighted by molar-refractivity contribution is 7.89. The summed E-state index contributed by atoms with van der Waals surface area (Å²) in [4.78, 5) is 0.362. The molecule has 0 unspecified atom stereocenters. The molecule has 0 amide bonds. The second kappa shape index (κ2) is 11.9. The molecular formula is C26H39Cl2NO2S. The molecule has 32 heavy (non-hydrogen) atoms. The highest BCUT2D eigenvalue weighted by atomic mass is 35.5. The van der Waals surface area contributed by atoms with Crippen LogP contribution in [0.3, 0.4) is 0 Å². The van der Waals surface area contributed by atoms with Gasteiger partial charge in [-0.1, -0.05) is 90.7 Å². The van der Waals surface area contributed by atoms with Crippen LogP contribution in [0.4, 0.5) is 0 Å². The van der Waals surface area contributed by atoms with E-state index in [1.54, 1.807) is 26.2 Å². The third-order valence-corrected chi connectivity index (χ3v) is 7.97. The van der Waals surface area contributed by atoms with Crippen LogP contribution >= 0.6 is 23.2 Å². The van der Waals surface area contributed by atoms with Gasteiger partial charge in [0.1, 0.15) is 0 Å². The molecule has 180 valence electrons. The molecule has 3 nitrogen and oxygen atoms in total. The molecule has 0 aliphatic carbocycles. The number of hydrogen-bond acceptors (Lipinski definition) is 2. The van der Waals surface area contributed by atoms with Crippen LogP contribution in [0, 0.1) is 0 Å². The summed E-state index contributed by atoms with van der Waals surface area (Å²) in [6, 6.07) is 9.91. The van der Waals surface area contributed by atoms with Gasteiger partial charge in [0.15, 0.2) is 0 Å². The molecule has 0 saturated carbocycles. The van der Waals surface area contributed by atoms with E-state index >= 15 is 0 Å². The van der Waals surface area contributed by atoms with Crippen molar-refractivity contribution in [3.63, 3.8) is 0 Å². The summed E-state index contributed by atoms with van der Waals surface area (Å²) in [6.45, 7) is 16.6. The fraction of sp³-hybridized carbons (Fsp3) is 0.538. The average molecular weight is 501 g/mol. The van der Waals surface area contributed by atoms with Crippen molar-refractivity contribution in [1.82, 2.24) is 4.31 Å². The molecule has 0 spiro atoms. The second-order valence-electron chi connectivity index (χ2n) is 9.60. The number of nitrogens with zero attached hydrogens (tertiary/aromatic N) is 1. The van der Waals surface area contributed by atoms with Crippen LogP contribution in [-0.2, 0) is 10.0 Å². The average Bonchev–Trinajstić information content (AvgIpc) is 2.67. The largest absolute Gasteiger partial charge is 0.242 e. The van der Waals surface area contributed by atoms with Crippen molar-refractivity contribution in [1.29, 1.82) is 0 Å². The first-order valence-corrected chi connectivity index (χ1v) is 13.4. The summed E-state index contributed by atoms with van der Waals surface area (Å²) in [7, 11) is -0.361. The van der Waals surface area contributed by atoms with Gasteiger partial charge in [-0.25, -0.2) is 12.7 Å². The molecule has 2 rings (SSSR count). The number of benzene rings is 2. The Kier molecular flexibility index (Phi) is 10.7. The Labute approximate surface area is 206 Å². The van der Waals surface area contributed by atoms with Gasteiger partial charge in [-0.3, -0.25) is 0 Å². The van der Waals surface area contributed by atoms with Crippen molar-refractivity contribution in [2.75, 3.05) is 14.1 Å². The number of sulfonamides is 1. The summed E-state index contributed by atoms with van der Waals surface area (Å²) in [5.41, 5.74) is 4.19. The zero-order valence-corrected chi connectivity index (χ0v) is 23.5. The van der Waals surface area contributed by atoms with Gasteiger partial charge >= 0.3 is 0 Å². The molecule has 0 bridgehead atoms. The molecule has 2 aromatic rings. The van der Waals surface area contributed by atoms with Crippen LogP contribution in [0.15, 0.2) is 35.2 Å². The Morgan fingerprint density at radius 2 is 1.12 bits per heavy atom. The Morgan fingerprint density at radius 1 is 0.656 bits per heavy atom. The second-order valence-corrected chi connectivity index (χ2v) is 12.5. The summed E-state index contributed by atoms with van der Waals surface area (Å²) >= 11 is 12.4. The van der Waals surface area contributed by atoms with E-state index < -0.39 is 10.0 Å². The van der Waals surface area contributed by atoms with E-state index in [-0.39, 0.29) is 11.8 Å². The van der Waals surface area contributed by atoms with Gasteiger partial charge in [0.05, 0.1) is 4.90 Å². The molecule has 0 radical (unpaired) electrons. The molecule has 0 aliphatic rings. The van der Waals surface area contributed by atoms with Gasteiger partial charge in [0, 0.05) is 24.1 Å². The summed E-state index contributed by atoms with van der Waals surface area (Å²) in [5.74, 6) is 1.35. The molecular weight excluding hydrogens is 461 g/mol. The van der Waals surface area contributed by atoms with Gasteiger partial charge in [-0.15, -0.1) is 0 Å². The van der Waals surface area contributed by atoms with Crippen LogP contribution in [-0.4, -0.2) is 26.8 Å². The third kappa shape index (κ3) is 7.21. The van der Waals surface area contributed by atoms with Crippen LogP contribution in [0.5, 0.6) is 0 Å². The fourth-order valence-corrected chi connectivity index (χ4v) is 5.33. The SMILES string of the molecule is CC(C)c1cc(S(=O)(=O)N(C)C)c(C(C)C)cc1Cl.CC(C)c1ccc(C(C)C)c(Cl)c1. The first-order valence-electron chi connectivity index (χ1n) is 11.2. The van der Waals surface area contributed by atoms with E-state index in [9.17, 15) is 8.42 Å². The Balaban J connectivity index is 0.000000343. The summed E-state index contributed by atoms with van der Waals surface area (Å²) in [5, 5.41) is 1.54. The molecule has 0 heterocycles. The quantitative estimate of drug-likeness (QED) is 0.399. The standard InChI is InChI=1S/C14H22ClNO2S.C12H17Cl/c1-9(2)11-8-14(19(17,18)16(5)6)12(10(3)4)7-13(11)15;1-8(2)10-5-6-11(9(3)4)12(13)7-10/h7-10H,1-6H3;5-9H,1-4H3. The van der Waals surface area contributed by atoms with E-state index in [2.05, 4.69) is 45.9 Å². The maximum atomic E-state index is 12.4. The Hall–Kier alpha value is -1.07. The maximum absolute atomic E-state index is 12.4. The monoisotopic (exact) mass is 499 g/mol. The fourth-order valence-electron chi connectivity index (χ4n) is 3.27. The van der Waals surface area contributed by atoms with Crippen molar-refractivity contribution in [2.45, 2.75) is 84.0 Å². The van der Waals surface area contributed by atoms with Gasteiger partial charge < -0.3 is 0 Å². The first kappa shape index (κ1) is 29.0. The highest BCUT2D eigenvalue weighted by Crippen LogP contribution is 2.34. The molecule has 0 N–H and O–H groups in total. The topological polar surface area (TPSA) is 37.4 Å².